The number of carbonyl (C=O) groups excluding carboxylic acids is 3. The van der Waals surface area contributed by atoms with Crippen molar-refractivity contribution in [1.29, 1.82) is 0 Å². The Bertz CT molecular complexity index is 518. The first-order chi connectivity index (χ1) is 9.38. The first kappa shape index (κ1) is 15.4. The minimum atomic E-state index is -1.03. The number of ether oxygens (including phenoxy) is 1. The maximum Gasteiger partial charge on any atom is 0.255 e. The second-order valence-corrected chi connectivity index (χ2v) is 4.05. The van der Waals surface area contributed by atoms with Crippen LogP contribution >= 0.6 is 0 Å². The van der Waals surface area contributed by atoms with Crippen LogP contribution in [-0.2, 0) is 14.4 Å². The molecule has 0 fully saturated rings. The molecular weight excluding hydrogens is 264 g/mol. The zero-order chi connectivity index (χ0) is 15.1. The van der Waals surface area contributed by atoms with E-state index >= 15 is 0 Å². The van der Waals surface area contributed by atoms with Crippen LogP contribution in [0, 0.1) is 0 Å². The SMILES string of the molecule is NC(=O)COc1cccc(NC(=O)C(N)CC(N)=O)c1. The summed E-state index contributed by atoms with van der Waals surface area (Å²) in [5.74, 6) is -1.45. The average Bonchev–Trinajstić information content (AvgIpc) is 2.36. The van der Waals surface area contributed by atoms with Gasteiger partial charge in [-0.1, -0.05) is 6.07 Å². The van der Waals surface area contributed by atoms with Crippen LogP contribution < -0.4 is 27.3 Å². The third-order valence-corrected chi connectivity index (χ3v) is 2.24. The average molecular weight is 280 g/mol. The van der Waals surface area contributed by atoms with E-state index in [0.29, 0.717) is 11.4 Å². The Morgan fingerprint density at radius 1 is 1.20 bits per heavy atom. The van der Waals surface area contributed by atoms with Crippen molar-refractivity contribution in [2.24, 2.45) is 17.2 Å². The van der Waals surface area contributed by atoms with Crippen LogP contribution in [0.3, 0.4) is 0 Å². The molecule has 8 heteroatoms. The Kier molecular flexibility index (Phi) is 5.48. The fourth-order valence-electron chi connectivity index (χ4n) is 1.36. The molecule has 0 saturated heterocycles. The van der Waals surface area contributed by atoms with Gasteiger partial charge in [-0.2, -0.15) is 0 Å². The van der Waals surface area contributed by atoms with E-state index in [1.165, 1.54) is 6.07 Å². The van der Waals surface area contributed by atoms with E-state index in [9.17, 15) is 14.4 Å². The van der Waals surface area contributed by atoms with Gasteiger partial charge in [-0.3, -0.25) is 14.4 Å². The van der Waals surface area contributed by atoms with E-state index in [0.717, 1.165) is 0 Å². The molecule has 8 nitrogen and oxygen atoms in total. The Morgan fingerprint density at radius 3 is 2.50 bits per heavy atom. The second-order valence-electron chi connectivity index (χ2n) is 4.05. The number of rotatable bonds is 7. The summed E-state index contributed by atoms with van der Waals surface area (Å²) in [5.41, 5.74) is 15.8. The van der Waals surface area contributed by atoms with Gasteiger partial charge in [-0.15, -0.1) is 0 Å². The lowest BCUT2D eigenvalue weighted by Gasteiger charge is -2.11. The van der Waals surface area contributed by atoms with Crippen LogP contribution in [0.2, 0.25) is 0 Å². The van der Waals surface area contributed by atoms with Gasteiger partial charge < -0.3 is 27.3 Å². The van der Waals surface area contributed by atoms with Gasteiger partial charge in [0.2, 0.25) is 11.8 Å². The minimum Gasteiger partial charge on any atom is -0.484 e. The van der Waals surface area contributed by atoms with Gasteiger partial charge in [0.25, 0.3) is 5.91 Å². The van der Waals surface area contributed by atoms with Crippen LogP contribution in [0.1, 0.15) is 6.42 Å². The van der Waals surface area contributed by atoms with E-state index in [4.69, 9.17) is 21.9 Å². The predicted molar refractivity (Wildman–Crippen MR) is 71.5 cm³/mol. The molecule has 1 aromatic carbocycles. The molecule has 0 aliphatic heterocycles. The smallest absolute Gasteiger partial charge is 0.255 e. The van der Waals surface area contributed by atoms with E-state index in [-0.39, 0.29) is 13.0 Å². The van der Waals surface area contributed by atoms with Gasteiger partial charge in [-0.25, -0.2) is 0 Å². The lowest BCUT2D eigenvalue weighted by atomic mass is 10.2. The summed E-state index contributed by atoms with van der Waals surface area (Å²) in [6, 6.07) is 5.29. The minimum absolute atomic E-state index is 0.246. The van der Waals surface area contributed by atoms with Gasteiger partial charge in [0, 0.05) is 11.8 Å². The van der Waals surface area contributed by atoms with Gasteiger partial charge >= 0.3 is 0 Å². The third-order valence-electron chi connectivity index (χ3n) is 2.24. The van der Waals surface area contributed by atoms with Crippen molar-refractivity contribution in [1.82, 2.24) is 0 Å². The molecule has 0 radical (unpaired) electrons. The topological polar surface area (TPSA) is 151 Å². The van der Waals surface area contributed by atoms with E-state index in [1.807, 2.05) is 0 Å². The van der Waals surface area contributed by atoms with Crippen molar-refractivity contribution in [2.75, 3.05) is 11.9 Å². The van der Waals surface area contributed by atoms with E-state index < -0.39 is 23.8 Å². The molecule has 0 bridgehead atoms. The standard InChI is InChI=1S/C12H16N4O4/c13-9(5-10(14)17)12(19)16-7-2-1-3-8(4-7)20-6-11(15)18/h1-4,9H,5-6,13H2,(H2,14,17)(H2,15,18)(H,16,19). The van der Waals surface area contributed by atoms with Gasteiger partial charge in [0.05, 0.1) is 12.5 Å². The molecule has 1 unspecified atom stereocenters. The summed E-state index contributed by atoms with van der Waals surface area (Å²) in [6.07, 6.45) is -0.246. The molecule has 1 rings (SSSR count). The van der Waals surface area contributed by atoms with E-state index in [1.54, 1.807) is 18.2 Å². The van der Waals surface area contributed by atoms with Gasteiger partial charge in [-0.05, 0) is 12.1 Å². The molecule has 20 heavy (non-hydrogen) atoms. The highest BCUT2D eigenvalue weighted by atomic mass is 16.5. The molecule has 0 aromatic heterocycles. The Labute approximate surface area is 115 Å². The van der Waals surface area contributed by atoms with Crippen LogP contribution in [-0.4, -0.2) is 30.4 Å². The quantitative estimate of drug-likeness (QED) is 0.489. The second kappa shape index (κ2) is 7.10. The Balaban J connectivity index is 2.63. The first-order valence-corrected chi connectivity index (χ1v) is 5.74. The maximum atomic E-state index is 11.7. The number of primary amides is 2. The number of nitrogens with two attached hydrogens (primary N) is 3. The normalized spacial score (nSPS) is 11.4. The Hall–Kier alpha value is -2.61. The molecule has 0 heterocycles. The van der Waals surface area contributed by atoms with Crippen LogP contribution in [0.25, 0.3) is 0 Å². The van der Waals surface area contributed by atoms with Crippen molar-refractivity contribution in [3.05, 3.63) is 24.3 Å². The molecule has 0 saturated carbocycles. The monoisotopic (exact) mass is 280 g/mol. The number of anilines is 1. The number of amides is 3. The molecular formula is C12H16N4O4. The summed E-state index contributed by atoms with van der Waals surface area (Å²) in [5, 5.41) is 2.51. The van der Waals surface area contributed by atoms with Gasteiger partial charge in [0.15, 0.2) is 6.61 Å². The zero-order valence-electron chi connectivity index (χ0n) is 10.7. The summed E-state index contributed by atoms with van der Waals surface area (Å²) in [4.78, 5) is 32.9. The number of hydrogen-bond acceptors (Lipinski definition) is 5. The summed E-state index contributed by atoms with van der Waals surface area (Å²) >= 11 is 0. The summed E-state index contributed by atoms with van der Waals surface area (Å²) < 4.78 is 5.08. The number of carbonyl (C=O) groups is 3. The molecule has 0 aliphatic rings. The van der Waals surface area contributed by atoms with Crippen molar-refractivity contribution < 1.29 is 19.1 Å². The fraction of sp³-hybridized carbons (Fsp3) is 0.250. The third kappa shape index (κ3) is 5.36. The first-order valence-electron chi connectivity index (χ1n) is 5.74. The number of benzene rings is 1. The lowest BCUT2D eigenvalue weighted by Crippen LogP contribution is -2.38. The molecule has 1 aromatic rings. The van der Waals surface area contributed by atoms with Crippen molar-refractivity contribution in [3.63, 3.8) is 0 Å². The highest BCUT2D eigenvalue weighted by Gasteiger charge is 2.16. The van der Waals surface area contributed by atoms with E-state index in [2.05, 4.69) is 5.32 Å². The molecule has 3 amide bonds. The molecule has 7 N–H and O–H groups in total. The zero-order valence-corrected chi connectivity index (χ0v) is 10.7. The molecule has 0 aliphatic carbocycles. The van der Waals surface area contributed by atoms with Crippen molar-refractivity contribution >= 4 is 23.4 Å². The molecule has 1 atom stereocenters. The van der Waals surface area contributed by atoms with Crippen molar-refractivity contribution in [2.45, 2.75) is 12.5 Å². The molecule has 108 valence electrons. The summed E-state index contributed by atoms with van der Waals surface area (Å²) in [7, 11) is 0. The van der Waals surface area contributed by atoms with Crippen LogP contribution in [0.4, 0.5) is 5.69 Å². The number of hydrogen-bond donors (Lipinski definition) is 4. The van der Waals surface area contributed by atoms with Gasteiger partial charge in [0.1, 0.15) is 5.75 Å². The van der Waals surface area contributed by atoms with Crippen LogP contribution in [0.5, 0.6) is 5.75 Å². The molecule has 0 spiro atoms. The fourth-order valence-corrected chi connectivity index (χ4v) is 1.36. The van der Waals surface area contributed by atoms with Crippen molar-refractivity contribution in [3.8, 4) is 5.75 Å². The number of nitrogens with one attached hydrogen (secondary N) is 1. The highest BCUT2D eigenvalue weighted by Crippen LogP contribution is 2.17. The largest absolute Gasteiger partial charge is 0.484 e. The maximum absolute atomic E-state index is 11.7. The Morgan fingerprint density at radius 2 is 1.90 bits per heavy atom. The highest BCUT2D eigenvalue weighted by molar-refractivity contribution is 5.97. The van der Waals surface area contributed by atoms with Crippen LogP contribution in [0.15, 0.2) is 24.3 Å². The lowest BCUT2D eigenvalue weighted by molar-refractivity contribution is -0.123. The summed E-state index contributed by atoms with van der Waals surface area (Å²) in [6.45, 7) is -0.265. The predicted octanol–water partition coefficient (Wildman–Crippen LogP) is -1.31.